The fourth-order valence-corrected chi connectivity index (χ4v) is 3.22. The number of rotatable bonds is 8. The first-order valence-corrected chi connectivity index (χ1v) is 8.44. The summed E-state index contributed by atoms with van der Waals surface area (Å²) in [4.78, 5) is 0. The lowest BCUT2D eigenvalue weighted by Crippen LogP contribution is -2.05. The molecule has 1 aromatic carbocycles. The molecule has 0 aliphatic heterocycles. The number of aryl methyl sites for hydroxylation is 2. The van der Waals surface area contributed by atoms with Gasteiger partial charge in [0.05, 0.1) is 0 Å². The molecule has 5 heteroatoms. The molecule has 0 saturated heterocycles. The summed E-state index contributed by atoms with van der Waals surface area (Å²) in [7, 11) is 0. The van der Waals surface area contributed by atoms with Crippen LogP contribution in [0.3, 0.4) is 0 Å². The zero-order valence-electron chi connectivity index (χ0n) is 12.7. The largest absolute Gasteiger partial charge is 0.388 e. The van der Waals surface area contributed by atoms with Crippen LogP contribution in [0.2, 0.25) is 0 Å². The summed E-state index contributed by atoms with van der Waals surface area (Å²) in [5.74, 6) is 1.68. The maximum atomic E-state index is 9.27. The van der Waals surface area contributed by atoms with Crippen molar-refractivity contribution in [1.29, 1.82) is 0 Å². The smallest absolute Gasteiger partial charge is 0.191 e. The van der Waals surface area contributed by atoms with E-state index in [1.54, 1.807) is 11.8 Å². The number of nitrogens with zero attached hydrogens (tertiary/aromatic N) is 3. The fraction of sp³-hybridized carbons (Fsp3) is 0.500. The molecule has 1 N–H and O–H groups in total. The predicted molar refractivity (Wildman–Crippen MR) is 86.5 cm³/mol. The third kappa shape index (κ3) is 4.58. The van der Waals surface area contributed by atoms with Crippen LogP contribution in [0.1, 0.15) is 36.7 Å². The van der Waals surface area contributed by atoms with Gasteiger partial charge in [0.1, 0.15) is 6.61 Å². The summed E-state index contributed by atoms with van der Waals surface area (Å²) in [5.41, 5.74) is 2.71. The number of hydrogen-bond acceptors (Lipinski definition) is 4. The van der Waals surface area contributed by atoms with Gasteiger partial charge in [-0.2, -0.15) is 0 Å². The molecule has 0 unspecified atom stereocenters. The van der Waals surface area contributed by atoms with Gasteiger partial charge in [0.15, 0.2) is 11.0 Å². The van der Waals surface area contributed by atoms with Crippen LogP contribution in [-0.4, -0.2) is 25.6 Å². The molecule has 0 atom stereocenters. The van der Waals surface area contributed by atoms with Crippen LogP contribution >= 0.6 is 11.8 Å². The zero-order chi connectivity index (χ0) is 15.1. The quantitative estimate of drug-likeness (QED) is 0.601. The van der Waals surface area contributed by atoms with E-state index >= 15 is 0 Å². The Kier molecular flexibility index (Phi) is 6.26. The van der Waals surface area contributed by atoms with Crippen molar-refractivity contribution in [2.24, 2.45) is 0 Å². The van der Waals surface area contributed by atoms with Crippen LogP contribution in [0.4, 0.5) is 0 Å². The molecule has 0 amide bonds. The van der Waals surface area contributed by atoms with Crippen molar-refractivity contribution in [3.63, 3.8) is 0 Å². The molecule has 0 bridgehead atoms. The second-order valence-corrected chi connectivity index (χ2v) is 6.21. The van der Waals surface area contributed by atoms with E-state index in [0.717, 1.165) is 36.7 Å². The van der Waals surface area contributed by atoms with Crippen molar-refractivity contribution in [2.75, 3.05) is 5.75 Å². The topological polar surface area (TPSA) is 50.9 Å². The van der Waals surface area contributed by atoms with Gasteiger partial charge in [0.25, 0.3) is 0 Å². The summed E-state index contributed by atoms with van der Waals surface area (Å²) in [6.07, 6.45) is 3.22. The number of thioether (sulfide) groups is 1. The van der Waals surface area contributed by atoms with Crippen LogP contribution in [0, 0.1) is 6.92 Å². The van der Waals surface area contributed by atoms with Crippen LogP contribution in [0.5, 0.6) is 0 Å². The number of aliphatic hydroxyl groups excluding tert-OH is 1. The minimum atomic E-state index is -0.0448. The molecule has 21 heavy (non-hydrogen) atoms. The predicted octanol–water partition coefficient (Wildman–Crippen LogP) is 3.21. The number of aliphatic hydroxyl groups is 1. The van der Waals surface area contributed by atoms with Gasteiger partial charge in [-0.15, -0.1) is 10.2 Å². The van der Waals surface area contributed by atoms with Crippen molar-refractivity contribution < 1.29 is 5.11 Å². The Hall–Kier alpha value is -1.33. The molecule has 1 heterocycles. The molecule has 0 saturated carbocycles. The van der Waals surface area contributed by atoms with E-state index in [1.807, 2.05) is 4.57 Å². The first-order chi connectivity index (χ1) is 10.2. The average Bonchev–Trinajstić information content (AvgIpc) is 2.86. The minimum absolute atomic E-state index is 0.0448. The van der Waals surface area contributed by atoms with Crippen LogP contribution in [-0.2, 0) is 19.6 Å². The standard InChI is InChI=1S/C16H23N3OS/c1-3-9-19-15(12-20)17-18-16(19)21-10-5-8-14-7-4-6-13(2)11-14/h4,6-7,11,20H,3,5,8-10,12H2,1-2H3. The lowest BCUT2D eigenvalue weighted by Gasteiger charge is -2.07. The van der Waals surface area contributed by atoms with Gasteiger partial charge in [-0.1, -0.05) is 48.5 Å². The lowest BCUT2D eigenvalue weighted by molar-refractivity contribution is 0.263. The van der Waals surface area contributed by atoms with Gasteiger partial charge in [-0.3, -0.25) is 0 Å². The van der Waals surface area contributed by atoms with E-state index in [4.69, 9.17) is 0 Å². The Bertz CT molecular complexity index is 568. The van der Waals surface area contributed by atoms with E-state index in [1.165, 1.54) is 11.1 Å². The minimum Gasteiger partial charge on any atom is -0.388 e. The molecular weight excluding hydrogens is 282 g/mol. The van der Waals surface area contributed by atoms with Crippen molar-refractivity contribution in [3.8, 4) is 0 Å². The molecule has 2 rings (SSSR count). The molecule has 0 spiro atoms. The second-order valence-electron chi connectivity index (χ2n) is 5.15. The van der Waals surface area contributed by atoms with Crippen molar-refractivity contribution >= 4 is 11.8 Å². The zero-order valence-corrected chi connectivity index (χ0v) is 13.6. The van der Waals surface area contributed by atoms with E-state index in [9.17, 15) is 5.11 Å². The Morgan fingerprint density at radius 1 is 1.29 bits per heavy atom. The summed E-state index contributed by atoms with van der Waals surface area (Å²) in [6.45, 7) is 5.06. The lowest BCUT2D eigenvalue weighted by atomic mass is 10.1. The third-order valence-corrected chi connectivity index (χ3v) is 4.36. The second kappa shape index (κ2) is 8.20. The SMILES string of the molecule is CCCn1c(CO)nnc1SCCCc1cccc(C)c1. The third-order valence-electron chi connectivity index (χ3n) is 3.31. The monoisotopic (exact) mass is 305 g/mol. The normalized spacial score (nSPS) is 11.0. The van der Waals surface area contributed by atoms with Gasteiger partial charge in [-0.25, -0.2) is 0 Å². The van der Waals surface area contributed by atoms with Gasteiger partial charge < -0.3 is 9.67 Å². The maximum Gasteiger partial charge on any atom is 0.191 e. The summed E-state index contributed by atoms with van der Waals surface area (Å²) in [6, 6.07) is 8.67. The van der Waals surface area contributed by atoms with Crippen molar-refractivity contribution in [1.82, 2.24) is 14.8 Å². The summed E-state index contributed by atoms with van der Waals surface area (Å²) >= 11 is 1.72. The maximum absolute atomic E-state index is 9.27. The van der Waals surface area contributed by atoms with Gasteiger partial charge in [0.2, 0.25) is 0 Å². The van der Waals surface area contributed by atoms with E-state index in [0.29, 0.717) is 5.82 Å². The molecule has 1 aromatic heterocycles. The first kappa shape index (κ1) is 16.0. The summed E-state index contributed by atoms with van der Waals surface area (Å²) in [5, 5.41) is 18.4. The summed E-state index contributed by atoms with van der Waals surface area (Å²) < 4.78 is 2.03. The highest BCUT2D eigenvalue weighted by atomic mass is 32.2. The highest BCUT2D eigenvalue weighted by Gasteiger charge is 2.10. The van der Waals surface area contributed by atoms with Crippen LogP contribution in [0.25, 0.3) is 0 Å². The van der Waals surface area contributed by atoms with Crippen molar-refractivity contribution in [2.45, 2.75) is 51.4 Å². The Labute approximate surface area is 130 Å². The Morgan fingerprint density at radius 3 is 2.86 bits per heavy atom. The molecule has 2 aromatic rings. The number of benzene rings is 1. The fourth-order valence-electron chi connectivity index (χ4n) is 2.30. The number of aromatic nitrogens is 3. The van der Waals surface area contributed by atoms with E-state index in [-0.39, 0.29) is 6.61 Å². The first-order valence-electron chi connectivity index (χ1n) is 7.46. The van der Waals surface area contributed by atoms with Gasteiger partial charge in [-0.05, 0) is 31.7 Å². The average molecular weight is 305 g/mol. The molecule has 114 valence electrons. The number of hydrogen-bond donors (Lipinski definition) is 1. The molecule has 0 aliphatic carbocycles. The molecule has 4 nitrogen and oxygen atoms in total. The van der Waals surface area contributed by atoms with Gasteiger partial charge >= 0.3 is 0 Å². The van der Waals surface area contributed by atoms with E-state index in [2.05, 4.69) is 48.3 Å². The Morgan fingerprint density at radius 2 is 2.14 bits per heavy atom. The van der Waals surface area contributed by atoms with Crippen LogP contribution in [0.15, 0.2) is 29.4 Å². The highest BCUT2D eigenvalue weighted by molar-refractivity contribution is 7.99. The molecule has 0 radical (unpaired) electrons. The molecular formula is C16H23N3OS. The van der Waals surface area contributed by atoms with Gasteiger partial charge in [0, 0.05) is 12.3 Å². The van der Waals surface area contributed by atoms with Crippen LogP contribution < -0.4 is 0 Å². The molecule has 0 fully saturated rings. The van der Waals surface area contributed by atoms with E-state index < -0.39 is 0 Å². The highest BCUT2D eigenvalue weighted by Crippen LogP contribution is 2.19. The Balaban J connectivity index is 1.84. The molecule has 0 aliphatic rings. The van der Waals surface area contributed by atoms with Crippen molar-refractivity contribution in [3.05, 3.63) is 41.2 Å².